The van der Waals surface area contributed by atoms with Crippen molar-refractivity contribution in [1.29, 1.82) is 0 Å². The average Bonchev–Trinajstić information content (AvgIpc) is 3.21. The maximum absolute atomic E-state index is 13.5. The van der Waals surface area contributed by atoms with E-state index >= 15 is 0 Å². The molecule has 4 aromatic rings. The lowest BCUT2D eigenvalue weighted by atomic mass is 10.0. The predicted molar refractivity (Wildman–Crippen MR) is 113 cm³/mol. The van der Waals surface area contributed by atoms with Crippen LogP contribution in [0.1, 0.15) is 26.5 Å². The van der Waals surface area contributed by atoms with Crippen LogP contribution in [0.15, 0.2) is 60.8 Å². The Balaban J connectivity index is 1.85. The van der Waals surface area contributed by atoms with Gasteiger partial charge in [0.2, 0.25) is 5.78 Å². The molecule has 174 valence electrons. The zero-order chi connectivity index (χ0) is 24.5. The first kappa shape index (κ1) is 22.8. The first-order valence-corrected chi connectivity index (χ1v) is 9.73. The largest absolute Gasteiger partial charge is 0.573 e. The van der Waals surface area contributed by atoms with Crippen LogP contribution < -0.4 is 9.47 Å². The molecule has 0 radical (unpaired) electrons. The SMILES string of the molecule is COC(=O)c1cccc(C(=O)c2c(-c3ccc(OC(F)(F)F)cc3)nn3cc(OC)ccc23)n1. The third kappa shape index (κ3) is 4.53. The number of ketones is 1. The monoisotopic (exact) mass is 471 g/mol. The van der Waals surface area contributed by atoms with Crippen LogP contribution in [-0.2, 0) is 4.74 Å². The first-order valence-electron chi connectivity index (χ1n) is 9.73. The number of nitrogens with zero attached hydrogens (tertiary/aromatic N) is 3. The quantitative estimate of drug-likeness (QED) is 0.306. The second-order valence-electron chi connectivity index (χ2n) is 6.92. The fourth-order valence-corrected chi connectivity index (χ4v) is 3.30. The maximum atomic E-state index is 13.5. The van der Waals surface area contributed by atoms with E-state index in [4.69, 9.17) is 4.74 Å². The number of esters is 1. The lowest BCUT2D eigenvalue weighted by Gasteiger charge is -2.09. The van der Waals surface area contributed by atoms with Crippen molar-refractivity contribution < 1.29 is 37.0 Å². The third-order valence-corrected chi connectivity index (χ3v) is 4.80. The summed E-state index contributed by atoms with van der Waals surface area (Å²) in [4.78, 5) is 29.5. The van der Waals surface area contributed by atoms with E-state index < -0.39 is 23.9 Å². The molecule has 11 heteroatoms. The summed E-state index contributed by atoms with van der Waals surface area (Å²) >= 11 is 0. The molecule has 0 aliphatic carbocycles. The number of hydrogen-bond acceptors (Lipinski definition) is 7. The Labute approximate surface area is 190 Å². The van der Waals surface area contributed by atoms with E-state index in [9.17, 15) is 22.8 Å². The molecule has 0 N–H and O–H groups in total. The maximum Gasteiger partial charge on any atom is 0.573 e. The molecular weight excluding hydrogens is 455 g/mol. The highest BCUT2D eigenvalue weighted by molar-refractivity contribution is 6.16. The number of carbonyl (C=O) groups excluding carboxylic acids is 2. The number of halogens is 3. The number of methoxy groups -OCH3 is 2. The summed E-state index contributed by atoms with van der Waals surface area (Å²) in [5.41, 5.74) is 1.02. The number of alkyl halides is 3. The van der Waals surface area contributed by atoms with Crippen molar-refractivity contribution in [3.05, 3.63) is 77.7 Å². The zero-order valence-corrected chi connectivity index (χ0v) is 17.8. The normalized spacial score (nSPS) is 11.3. The summed E-state index contributed by atoms with van der Waals surface area (Å²) in [6.07, 6.45) is -3.28. The molecule has 34 heavy (non-hydrogen) atoms. The van der Waals surface area contributed by atoms with Gasteiger partial charge in [0.15, 0.2) is 0 Å². The minimum absolute atomic E-state index is 0.0353. The zero-order valence-electron chi connectivity index (χ0n) is 17.8. The van der Waals surface area contributed by atoms with E-state index in [1.807, 2.05) is 0 Å². The standard InChI is InChI=1S/C23H16F3N3O5/c1-32-15-10-11-18-19(21(30)16-4-3-5-17(27-16)22(31)33-2)20(28-29(18)12-15)13-6-8-14(9-7-13)34-23(24,25)26/h3-12H,1-2H3. The Kier molecular flexibility index (Phi) is 5.93. The molecule has 0 unspecified atom stereocenters. The van der Waals surface area contributed by atoms with E-state index in [1.165, 1.54) is 49.1 Å². The van der Waals surface area contributed by atoms with Gasteiger partial charge < -0.3 is 14.2 Å². The summed E-state index contributed by atoms with van der Waals surface area (Å²) in [6.45, 7) is 0. The van der Waals surface area contributed by atoms with Crippen molar-refractivity contribution in [3.8, 4) is 22.8 Å². The molecule has 0 saturated carbocycles. The second-order valence-corrected chi connectivity index (χ2v) is 6.92. The van der Waals surface area contributed by atoms with Crippen molar-refractivity contribution in [2.75, 3.05) is 14.2 Å². The topological polar surface area (TPSA) is 92.0 Å². The summed E-state index contributed by atoms with van der Waals surface area (Å²) in [5.74, 6) is -1.20. The highest BCUT2D eigenvalue weighted by Crippen LogP contribution is 2.31. The van der Waals surface area contributed by atoms with Gasteiger partial charge in [0.05, 0.1) is 31.5 Å². The summed E-state index contributed by atoms with van der Waals surface area (Å²) in [7, 11) is 2.67. The van der Waals surface area contributed by atoms with E-state index in [0.717, 1.165) is 12.1 Å². The van der Waals surface area contributed by atoms with Crippen LogP contribution in [0.5, 0.6) is 11.5 Å². The Morgan fingerprint density at radius 1 is 0.912 bits per heavy atom. The molecule has 3 heterocycles. The predicted octanol–water partition coefficient (Wildman–Crippen LogP) is 4.32. The third-order valence-electron chi connectivity index (χ3n) is 4.80. The Morgan fingerprint density at radius 2 is 1.59 bits per heavy atom. The van der Waals surface area contributed by atoms with Gasteiger partial charge in [0.25, 0.3) is 0 Å². The van der Waals surface area contributed by atoms with Crippen LogP contribution in [0, 0.1) is 0 Å². The smallest absolute Gasteiger partial charge is 0.495 e. The first-order chi connectivity index (χ1) is 16.2. The summed E-state index contributed by atoms with van der Waals surface area (Å²) < 4.78 is 52.7. The van der Waals surface area contributed by atoms with Gasteiger partial charge in [-0.1, -0.05) is 6.07 Å². The van der Waals surface area contributed by atoms with Gasteiger partial charge in [-0.25, -0.2) is 14.3 Å². The van der Waals surface area contributed by atoms with E-state index in [0.29, 0.717) is 16.8 Å². The molecule has 0 bridgehead atoms. The van der Waals surface area contributed by atoms with Crippen LogP contribution in [0.4, 0.5) is 13.2 Å². The van der Waals surface area contributed by atoms with Crippen molar-refractivity contribution in [2.24, 2.45) is 0 Å². The molecule has 4 rings (SSSR count). The van der Waals surface area contributed by atoms with Crippen LogP contribution >= 0.6 is 0 Å². The number of aromatic nitrogens is 3. The number of ether oxygens (including phenoxy) is 3. The molecular formula is C23H16F3N3O5. The minimum Gasteiger partial charge on any atom is -0.495 e. The minimum atomic E-state index is -4.83. The van der Waals surface area contributed by atoms with Crippen LogP contribution in [-0.4, -0.2) is 46.9 Å². The molecule has 3 aromatic heterocycles. The highest BCUT2D eigenvalue weighted by Gasteiger charge is 2.31. The lowest BCUT2D eigenvalue weighted by Crippen LogP contribution is -2.16. The van der Waals surface area contributed by atoms with E-state index in [2.05, 4.69) is 19.6 Å². The highest BCUT2D eigenvalue weighted by atomic mass is 19.4. The lowest BCUT2D eigenvalue weighted by molar-refractivity contribution is -0.274. The average molecular weight is 471 g/mol. The molecule has 0 amide bonds. The Morgan fingerprint density at radius 3 is 2.24 bits per heavy atom. The number of carbonyl (C=O) groups is 2. The van der Waals surface area contributed by atoms with Gasteiger partial charge in [0.1, 0.15) is 28.6 Å². The van der Waals surface area contributed by atoms with Crippen molar-refractivity contribution in [3.63, 3.8) is 0 Å². The van der Waals surface area contributed by atoms with Gasteiger partial charge in [-0.2, -0.15) is 5.10 Å². The van der Waals surface area contributed by atoms with E-state index in [-0.39, 0.29) is 22.6 Å². The molecule has 0 spiro atoms. The Hall–Kier alpha value is -4.41. The molecule has 0 aliphatic rings. The molecule has 0 atom stereocenters. The molecule has 8 nitrogen and oxygen atoms in total. The van der Waals surface area contributed by atoms with Crippen molar-refractivity contribution in [2.45, 2.75) is 6.36 Å². The number of benzene rings is 1. The van der Waals surface area contributed by atoms with Gasteiger partial charge in [-0.15, -0.1) is 13.2 Å². The number of fused-ring (bicyclic) bond motifs is 1. The van der Waals surface area contributed by atoms with Crippen LogP contribution in [0.25, 0.3) is 16.8 Å². The van der Waals surface area contributed by atoms with Gasteiger partial charge in [-0.05, 0) is 48.5 Å². The van der Waals surface area contributed by atoms with E-state index in [1.54, 1.807) is 18.3 Å². The second kappa shape index (κ2) is 8.85. The molecule has 0 saturated heterocycles. The van der Waals surface area contributed by atoms with Gasteiger partial charge >= 0.3 is 12.3 Å². The van der Waals surface area contributed by atoms with Crippen molar-refractivity contribution in [1.82, 2.24) is 14.6 Å². The van der Waals surface area contributed by atoms with Gasteiger partial charge in [-0.3, -0.25) is 4.79 Å². The number of rotatable bonds is 6. The Bertz CT molecular complexity index is 1380. The molecule has 0 fully saturated rings. The molecule has 0 aliphatic heterocycles. The molecule has 1 aromatic carbocycles. The number of hydrogen-bond donors (Lipinski definition) is 0. The fourth-order valence-electron chi connectivity index (χ4n) is 3.30. The van der Waals surface area contributed by atoms with Crippen molar-refractivity contribution >= 4 is 17.3 Å². The fraction of sp³-hybridized carbons (Fsp3) is 0.130. The number of pyridine rings is 2. The van der Waals surface area contributed by atoms with Crippen LogP contribution in [0.3, 0.4) is 0 Å². The van der Waals surface area contributed by atoms with Crippen LogP contribution in [0.2, 0.25) is 0 Å². The summed E-state index contributed by atoms with van der Waals surface area (Å²) in [6, 6.07) is 12.5. The summed E-state index contributed by atoms with van der Waals surface area (Å²) in [5, 5.41) is 4.45. The van der Waals surface area contributed by atoms with Gasteiger partial charge in [0, 0.05) is 5.56 Å².